The van der Waals surface area contributed by atoms with Gasteiger partial charge in [0.25, 0.3) is 5.56 Å². The molecule has 0 N–H and O–H groups in total. The van der Waals surface area contributed by atoms with Crippen molar-refractivity contribution in [2.45, 2.75) is 37.1 Å². The number of thioether (sulfide) groups is 1. The number of hydrogen-bond donors (Lipinski definition) is 0. The number of hydrogen-bond acceptors (Lipinski definition) is 7. The second-order valence-electron chi connectivity index (χ2n) is 5.32. The predicted molar refractivity (Wildman–Crippen MR) is 85.5 cm³/mol. The lowest BCUT2D eigenvalue weighted by Crippen LogP contribution is -2.20. The highest BCUT2D eigenvalue weighted by atomic mass is 32.2. The Hall–Kier alpha value is -1.67. The standard InChI is InChI=1S/C14H14N4O2S2/c1-7-15-10(20-17-7)6-21-14-16-12-11(13(19)18(14)2)8-4-3-5-9(8)22-12/h3-6H2,1-2H3. The fraction of sp³-hybridized carbons (Fsp3) is 0.429. The summed E-state index contributed by atoms with van der Waals surface area (Å²) in [4.78, 5) is 23.7. The molecule has 1 aliphatic carbocycles. The van der Waals surface area contributed by atoms with E-state index in [1.165, 1.54) is 22.2 Å². The van der Waals surface area contributed by atoms with E-state index in [1.807, 2.05) is 0 Å². The van der Waals surface area contributed by atoms with Gasteiger partial charge in [0.1, 0.15) is 4.83 Å². The molecule has 0 fully saturated rings. The molecule has 0 radical (unpaired) electrons. The predicted octanol–water partition coefficient (Wildman–Crippen LogP) is 2.47. The monoisotopic (exact) mass is 334 g/mol. The van der Waals surface area contributed by atoms with Crippen LogP contribution in [0, 0.1) is 6.92 Å². The van der Waals surface area contributed by atoms with E-state index in [2.05, 4.69) is 15.1 Å². The lowest BCUT2D eigenvalue weighted by Gasteiger charge is -2.06. The lowest BCUT2D eigenvalue weighted by atomic mass is 10.2. The smallest absolute Gasteiger partial charge is 0.262 e. The van der Waals surface area contributed by atoms with Crippen molar-refractivity contribution < 1.29 is 4.52 Å². The molecular formula is C14H14N4O2S2. The normalized spacial score (nSPS) is 13.9. The van der Waals surface area contributed by atoms with Gasteiger partial charge in [-0.05, 0) is 31.7 Å². The number of nitrogens with zero attached hydrogens (tertiary/aromatic N) is 4. The molecule has 114 valence electrons. The second-order valence-corrected chi connectivity index (χ2v) is 7.35. The minimum absolute atomic E-state index is 0.0496. The number of fused-ring (bicyclic) bond motifs is 3. The maximum Gasteiger partial charge on any atom is 0.262 e. The Balaban J connectivity index is 1.72. The van der Waals surface area contributed by atoms with Gasteiger partial charge < -0.3 is 4.52 Å². The molecule has 3 aromatic rings. The summed E-state index contributed by atoms with van der Waals surface area (Å²) < 4.78 is 6.73. The molecule has 6 nitrogen and oxygen atoms in total. The molecule has 3 heterocycles. The van der Waals surface area contributed by atoms with Crippen LogP contribution in [0.1, 0.15) is 28.6 Å². The number of aromatic nitrogens is 4. The van der Waals surface area contributed by atoms with Crippen LogP contribution < -0.4 is 5.56 Å². The fourth-order valence-electron chi connectivity index (χ4n) is 2.76. The first-order chi connectivity index (χ1) is 10.6. The molecule has 0 atom stereocenters. The Bertz CT molecular complexity index is 925. The molecule has 3 aromatic heterocycles. The maximum atomic E-state index is 12.7. The Morgan fingerprint density at radius 2 is 2.23 bits per heavy atom. The quantitative estimate of drug-likeness (QED) is 0.541. The largest absolute Gasteiger partial charge is 0.338 e. The Morgan fingerprint density at radius 1 is 1.36 bits per heavy atom. The van der Waals surface area contributed by atoms with Crippen molar-refractivity contribution in [1.82, 2.24) is 19.7 Å². The molecule has 0 saturated heterocycles. The van der Waals surface area contributed by atoms with E-state index in [9.17, 15) is 4.79 Å². The minimum Gasteiger partial charge on any atom is -0.338 e. The zero-order valence-corrected chi connectivity index (χ0v) is 13.9. The van der Waals surface area contributed by atoms with E-state index < -0.39 is 0 Å². The minimum atomic E-state index is 0.0496. The highest BCUT2D eigenvalue weighted by molar-refractivity contribution is 7.98. The first-order valence-electron chi connectivity index (χ1n) is 7.06. The third kappa shape index (κ3) is 2.17. The van der Waals surface area contributed by atoms with Gasteiger partial charge in [0.15, 0.2) is 11.0 Å². The highest BCUT2D eigenvalue weighted by Gasteiger charge is 2.22. The van der Waals surface area contributed by atoms with E-state index >= 15 is 0 Å². The Labute approximate surface area is 134 Å². The fourth-order valence-corrected chi connectivity index (χ4v) is 4.87. The van der Waals surface area contributed by atoms with E-state index in [-0.39, 0.29) is 5.56 Å². The molecule has 0 amide bonds. The molecular weight excluding hydrogens is 320 g/mol. The van der Waals surface area contributed by atoms with Crippen LogP contribution >= 0.6 is 23.1 Å². The van der Waals surface area contributed by atoms with E-state index in [1.54, 1.807) is 29.9 Å². The van der Waals surface area contributed by atoms with Gasteiger partial charge in [0.05, 0.1) is 11.1 Å². The van der Waals surface area contributed by atoms with Gasteiger partial charge in [-0.25, -0.2) is 4.98 Å². The number of rotatable bonds is 3. The summed E-state index contributed by atoms with van der Waals surface area (Å²) in [7, 11) is 1.77. The first kappa shape index (κ1) is 14.0. The van der Waals surface area contributed by atoms with Crippen LogP contribution in [0.4, 0.5) is 0 Å². The third-order valence-corrected chi connectivity index (χ3v) is 6.00. The van der Waals surface area contributed by atoms with E-state index in [0.29, 0.717) is 22.6 Å². The summed E-state index contributed by atoms with van der Waals surface area (Å²) in [6, 6.07) is 0. The van der Waals surface area contributed by atoms with E-state index in [4.69, 9.17) is 4.52 Å². The van der Waals surface area contributed by atoms with Gasteiger partial charge in [-0.15, -0.1) is 11.3 Å². The number of thiophene rings is 1. The lowest BCUT2D eigenvalue weighted by molar-refractivity contribution is 0.387. The van der Waals surface area contributed by atoms with Crippen molar-refractivity contribution >= 4 is 33.3 Å². The Kier molecular flexibility index (Phi) is 3.30. The van der Waals surface area contributed by atoms with Gasteiger partial charge in [-0.1, -0.05) is 16.9 Å². The van der Waals surface area contributed by atoms with Crippen LogP contribution in [0.25, 0.3) is 10.2 Å². The first-order valence-corrected chi connectivity index (χ1v) is 8.87. The molecule has 22 heavy (non-hydrogen) atoms. The van der Waals surface area contributed by atoms with Crippen LogP contribution in [0.5, 0.6) is 0 Å². The zero-order chi connectivity index (χ0) is 15.3. The van der Waals surface area contributed by atoms with Gasteiger partial charge in [-0.3, -0.25) is 9.36 Å². The average Bonchev–Trinajstić information content (AvgIpc) is 3.16. The van der Waals surface area contributed by atoms with Crippen LogP contribution in [-0.4, -0.2) is 19.7 Å². The van der Waals surface area contributed by atoms with Gasteiger partial charge >= 0.3 is 0 Å². The van der Waals surface area contributed by atoms with Gasteiger partial charge in [0, 0.05) is 11.9 Å². The molecule has 0 aliphatic heterocycles. The molecule has 0 saturated carbocycles. The molecule has 0 bridgehead atoms. The Morgan fingerprint density at radius 3 is 3.00 bits per heavy atom. The van der Waals surface area contributed by atoms with Crippen LogP contribution in [-0.2, 0) is 25.6 Å². The molecule has 4 rings (SSSR count). The van der Waals surface area contributed by atoms with Crippen LogP contribution in [0.3, 0.4) is 0 Å². The molecule has 0 spiro atoms. The average molecular weight is 334 g/mol. The van der Waals surface area contributed by atoms with Crippen LogP contribution in [0.15, 0.2) is 14.5 Å². The van der Waals surface area contributed by atoms with Crippen molar-refractivity contribution in [1.29, 1.82) is 0 Å². The molecule has 1 aliphatic rings. The van der Waals surface area contributed by atoms with Crippen LogP contribution in [0.2, 0.25) is 0 Å². The summed E-state index contributed by atoms with van der Waals surface area (Å²) >= 11 is 3.11. The summed E-state index contributed by atoms with van der Waals surface area (Å²) in [6.07, 6.45) is 3.22. The van der Waals surface area contributed by atoms with Crippen molar-refractivity contribution in [2.24, 2.45) is 7.05 Å². The second kappa shape index (κ2) is 5.20. The third-order valence-electron chi connectivity index (χ3n) is 3.80. The zero-order valence-electron chi connectivity index (χ0n) is 12.3. The molecule has 8 heteroatoms. The number of aryl methyl sites for hydroxylation is 3. The van der Waals surface area contributed by atoms with Crippen molar-refractivity contribution in [3.8, 4) is 0 Å². The van der Waals surface area contributed by atoms with Crippen molar-refractivity contribution in [3.63, 3.8) is 0 Å². The summed E-state index contributed by atoms with van der Waals surface area (Å²) in [5.41, 5.74) is 1.27. The summed E-state index contributed by atoms with van der Waals surface area (Å²) in [5, 5.41) is 5.27. The van der Waals surface area contributed by atoms with Crippen molar-refractivity contribution in [2.75, 3.05) is 0 Å². The topological polar surface area (TPSA) is 73.8 Å². The van der Waals surface area contributed by atoms with Gasteiger partial charge in [0.2, 0.25) is 5.89 Å². The molecule has 0 unspecified atom stereocenters. The maximum absolute atomic E-state index is 12.7. The highest BCUT2D eigenvalue weighted by Crippen LogP contribution is 2.35. The van der Waals surface area contributed by atoms with Crippen molar-refractivity contribution in [3.05, 3.63) is 32.5 Å². The van der Waals surface area contributed by atoms with E-state index in [0.717, 1.165) is 29.5 Å². The van der Waals surface area contributed by atoms with Gasteiger partial charge in [-0.2, -0.15) is 4.98 Å². The SMILES string of the molecule is Cc1noc(CSc2nc3sc4c(c3c(=O)n2C)CCC4)n1. The summed E-state index contributed by atoms with van der Waals surface area (Å²) in [6.45, 7) is 1.78. The molecule has 0 aromatic carbocycles. The summed E-state index contributed by atoms with van der Waals surface area (Å²) in [5.74, 6) is 1.67.